The highest BCUT2D eigenvalue weighted by Crippen LogP contribution is 2.26. The molecule has 0 bridgehead atoms. The fourth-order valence-electron chi connectivity index (χ4n) is 2.70. The fourth-order valence-corrected chi connectivity index (χ4v) is 3.74. The molecule has 144 valence electrons. The van der Waals surface area contributed by atoms with Gasteiger partial charge in [0.05, 0.1) is 21.9 Å². The normalized spacial score (nSPS) is 13.1. The van der Waals surface area contributed by atoms with Crippen LogP contribution in [0.3, 0.4) is 0 Å². The summed E-state index contributed by atoms with van der Waals surface area (Å²) in [4.78, 5) is 13.2. The Bertz CT molecular complexity index is 858. The highest BCUT2D eigenvalue weighted by atomic mass is 35.5. The molecule has 0 saturated carbocycles. The van der Waals surface area contributed by atoms with Gasteiger partial charge in [-0.3, -0.25) is 4.99 Å². The predicted octanol–water partition coefficient (Wildman–Crippen LogP) is 3.50. The summed E-state index contributed by atoms with van der Waals surface area (Å²) in [7, 11) is 0. The lowest BCUT2D eigenvalue weighted by molar-refractivity contribution is 0.191. The fraction of sp³-hybridized carbons (Fsp3) is 0.368. The van der Waals surface area contributed by atoms with Crippen LogP contribution in [0.25, 0.3) is 11.0 Å². The smallest absolute Gasteiger partial charge is 0.191 e. The van der Waals surface area contributed by atoms with E-state index in [-0.39, 0.29) is 6.54 Å². The third kappa shape index (κ3) is 5.69. The SMILES string of the molecule is CCNC(=NCC(O)c1ccc(Cl)s1)NCCCc1nc2ccccc2[nH]1. The van der Waals surface area contributed by atoms with E-state index in [0.29, 0.717) is 10.3 Å². The van der Waals surface area contributed by atoms with Gasteiger partial charge in [0.15, 0.2) is 5.96 Å². The van der Waals surface area contributed by atoms with E-state index >= 15 is 0 Å². The minimum atomic E-state index is -0.645. The molecule has 4 N–H and O–H groups in total. The van der Waals surface area contributed by atoms with Crippen molar-refractivity contribution in [3.63, 3.8) is 0 Å². The van der Waals surface area contributed by atoms with E-state index in [2.05, 4.69) is 25.6 Å². The van der Waals surface area contributed by atoms with Gasteiger partial charge in [-0.05, 0) is 37.6 Å². The molecule has 0 aliphatic heterocycles. The molecule has 0 aliphatic carbocycles. The zero-order chi connectivity index (χ0) is 19.1. The number of nitrogens with zero attached hydrogens (tertiary/aromatic N) is 2. The van der Waals surface area contributed by atoms with E-state index in [1.165, 1.54) is 11.3 Å². The first-order valence-corrected chi connectivity index (χ1v) is 10.2. The zero-order valence-electron chi connectivity index (χ0n) is 15.2. The summed E-state index contributed by atoms with van der Waals surface area (Å²) >= 11 is 7.29. The Morgan fingerprint density at radius 2 is 2.15 bits per heavy atom. The van der Waals surface area contributed by atoms with Crippen LogP contribution >= 0.6 is 22.9 Å². The Labute approximate surface area is 167 Å². The van der Waals surface area contributed by atoms with Gasteiger partial charge in [-0.15, -0.1) is 11.3 Å². The van der Waals surface area contributed by atoms with Crippen LogP contribution in [0, 0.1) is 0 Å². The van der Waals surface area contributed by atoms with Crippen molar-refractivity contribution in [3.8, 4) is 0 Å². The van der Waals surface area contributed by atoms with E-state index in [9.17, 15) is 5.11 Å². The molecule has 0 spiro atoms. The van der Waals surface area contributed by atoms with Gasteiger partial charge in [-0.2, -0.15) is 0 Å². The largest absolute Gasteiger partial charge is 0.386 e. The van der Waals surface area contributed by atoms with E-state index in [4.69, 9.17) is 11.6 Å². The lowest BCUT2D eigenvalue weighted by Gasteiger charge is -2.12. The molecule has 6 nitrogen and oxygen atoms in total. The highest BCUT2D eigenvalue weighted by Gasteiger charge is 2.10. The molecule has 1 aromatic carbocycles. The number of fused-ring (bicyclic) bond motifs is 1. The van der Waals surface area contributed by atoms with Crippen molar-refractivity contribution >= 4 is 39.9 Å². The number of hydrogen-bond acceptors (Lipinski definition) is 4. The van der Waals surface area contributed by atoms with Gasteiger partial charge in [0.2, 0.25) is 0 Å². The average Bonchev–Trinajstić information content (AvgIpc) is 3.28. The third-order valence-electron chi connectivity index (χ3n) is 4.01. The molecular weight excluding hydrogens is 382 g/mol. The molecule has 0 amide bonds. The van der Waals surface area contributed by atoms with Gasteiger partial charge < -0.3 is 20.7 Å². The monoisotopic (exact) mass is 405 g/mol. The summed E-state index contributed by atoms with van der Waals surface area (Å²) in [5.41, 5.74) is 2.07. The molecule has 1 atom stereocenters. The molecule has 0 saturated heterocycles. The first-order valence-electron chi connectivity index (χ1n) is 9.05. The Hall–Kier alpha value is -2.09. The number of aliphatic hydroxyl groups excluding tert-OH is 1. The zero-order valence-corrected chi connectivity index (χ0v) is 16.8. The van der Waals surface area contributed by atoms with E-state index in [1.807, 2.05) is 37.3 Å². The number of rotatable bonds is 8. The molecule has 1 unspecified atom stereocenters. The van der Waals surface area contributed by atoms with Gasteiger partial charge in [-0.25, -0.2) is 4.98 Å². The van der Waals surface area contributed by atoms with Gasteiger partial charge in [0, 0.05) is 24.4 Å². The molecule has 2 heterocycles. The molecule has 0 aliphatic rings. The first-order chi connectivity index (χ1) is 13.2. The maximum absolute atomic E-state index is 10.2. The number of halogens is 1. The van der Waals surface area contributed by atoms with Crippen molar-refractivity contribution in [3.05, 3.63) is 51.4 Å². The Morgan fingerprint density at radius 1 is 1.30 bits per heavy atom. The number of guanidine groups is 1. The number of nitrogens with one attached hydrogen (secondary N) is 3. The second-order valence-electron chi connectivity index (χ2n) is 6.11. The molecule has 8 heteroatoms. The van der Waals surface area contributed by atoms with Crippen molar-refractivity contribution in [2.24, 2.45) is 4.99 Å². The summed E-state index contributed by atoms with van der Waals surface area (Å²) in [6, 6.07) is 11.7. The number of para-hydroxylation sites is 2. The molecule has 3 aromatic rings. The van der Waals surface area contributed by atoms with Crippen molar-refractivity contribution in [1.29, 1.82) is 0 Å². The number of benzene rings is 1. The minimum absolute atomic E-state index is 0.287. The molecule has 3 rings (SSSR count). The first kappa shape index (κ1) is 19.7. The second-order valence-corrected chi connectivity index (χ2v) is 7.85. The standard InChI is InChI=1S/C19H24ClN5OS/c1-2-21-19(23-12-15(26)16-9-10-17(20)27-16)22-11-5-8-18-24-13-6-3-4-7-14(13)25-18/h3-4,6-7,9-10,15,26H,2,5,8,11-12H2,1H3,(H,24,25)(H2,21,22,23). The Morgan fingerprint density at radius 3 is 2.89 bits per heavy atom. The third-order valence-corrected chi connectivity index (χ3v) is 5.34. The quantitative estimate of drug-likeness (QED) is 0.262. The maximum atomic E-state index is 10.2. The van der Waals surface area contributed by atoms with Gasteiger partial charge in [-0.1, -0.05) is 23.7 Å². The number of aliphatic imine (C=N–C) groups is 1. The summed E-state index contributed by atoms with van der Waals surface area (Å²) < 4.78 is 0.670. The number of imidazole rings is 1. The topological polar surface area (TPSA) is 85.3 Å². The summed E-state index contributed by atoms with van der Waals surface area (Å²) in [5.74, 6) is 1.69. The number of H-pyrrole nitrogens is 1. The van der Waals surface area contributed by atoms with Crippen molar-refractivity contribution in [1.82, 2.24) is 20.6 Å². The van der Waals surface area contributed by atoms with Crippen LogP contribution in [-0.4, -0.2) is 40.7 Å². The molecule has 2 aromatic heterocycles. The number of aromatic nitrogens is 2. The van der Waals surface area contributed by atoms with Crippen molar-refractivity contribution in [2.75, 3.05) is 19.6 Å². The number of aromatic amines is 1. The summed E-state index contributed by atoms with van der Waals surface area (Å²) in [6.45, 7) is 3.83. The van der Waals surface area contributed by atoms with E-state index < -0.39 is 6.10 Å². The summed E-state index contributed by atoms with van der Waals surface area (Å²) in [5, 5.41) is 16.7. The Balaban J connectivity index is 1.47. The second kappa shape index (κ2) is 9.73. The van der Waals surface area contributed by atoms with Crippen LogP contribution in [0.4, 0.5) is 0 Å². The number of aliphatic hydroxyl groups is 1. The number of aryl methyl sites for hydroxylation is 1. The van der Waals surface area contributed by atoms with Crippen molar-refractivity contribution in [2.45, 2.75) is 25.9 Å². The lowest BCUT2D eigenvalue weighted by Crippen LogP contribution is -2.38. The van der Waals surface area contributed by atoms with Gasteiger partial charge in [0.1, 0.15) is 11.9 Å². The van der Waals surface area contributed by atoms with E-state index in [0.717, 1.165) is 47.7 Å². The highest BCUT2D eigenvalue weighted by molar-refractivity contribution is 7.16. The average molecular weight is 406 g/mol. The molecular formula is C19H24ClN5OS. The van der Waals surface area contributed by atoms with E-state index in [1.54, 1.807) is 6.07 Å². The van der Waals surface area contributed by atoms with Gasteiger partial charge >= 0.3 is 0 Å². The number of hydrogen-bond donors (Lipinski definition) is 4. The van der Waals surface area contributed by atoms with Crippen LogP contribution in [0.2, 0.25) is 4.34 Å². The van der Waals surface area contributed by atoms with Crippen LogP contribution in [0.1, 0.15) is 30.2 Å². The van der Waals surface area contributed by atoms with Crippen LogP contribution in [-0.2, 0) is 6.42 Å². The summed E-state index contributed by atoms with van der Waals surface area (Å²) in [6.07, 6.45) is 1.14. The van der Waals surface area contributed by atoms with Crippen LogP contribution in [0.5, 0.6) is 0 Å². The Kier molecular flexibility index (Phi) is 7.09. The maximum Gasteiger partial charge on any atom is 0.191 e. The van der Waals surface area contributed by atoms with Crippen LogP contribution < -0.4 is 10.6 Å². The molecule has 0 radical (unpaired) electrons. The lowest BCUT2D eigenvalue weighted by atomic mass is 10.3. The van der Waals surface area contributed by atoms with Crippen LogP contribution in [0.15, 0.2) is 41.4 Å². The molecule has 0 fully saturated rings. The molecule has 27 heavy (non-hydrogen) atoms. The van der Waals surface area contributed by atoms with Crippen molar-refractivity contribution < 1.29 is 5.11 Å². The number of thiophene rings is 1. The predicted molar refractivity (Wildman–Crippen MR) is 113 cm³/mol. The minimum Gasteiger partial charge on any atom is -0.386 e. The van der Waals surface area contributed by atoms with Gasteiger partial charge in [0.25, 0.3) is 0 Å².